The molecule has 110 valence electrons. The van der Waals surface area contributed by atoms with Gasteiger partial charge in [0.1, 0.15) is 5.75 Å². The zero-order chi connectivity index (χ0) is 15.4. The molecule has 0 amide bonds. The molecule has 0 aliphatic heterocycles. The minimum atomic E-state index is -0.473. The normalized spacial score (nSPS) is 10.2. The molecule has 2 aromatic carbocycles. The second-order valence-electron chi connectivity index (χ2n) is 4.59. The first-order valence-electron chi connectivity index (χ1n) is 6.32. The predicted octanol–water partition coefficient (Wildman–Crippen LogP) is 4.18. The highest BCUT2D eigenvalue weighted by molar-refractivity contribution is 6.33. The molecular formula is C15H15ClN2O3. The van der Waals surface area contributed by atoms with Crippen LogP contribution in [0.5, 0.6) is 5.75 Å². The largest absolute Gasteiger partial charge is 0.496 e. The van der Waals surface area contributed by atoms with Crippen molar-refractivity contribution < 1.29 is 9.66 Å². The number of rotatable bonds is 5. The number of benzene rings is 2. The van der Waals surface area contributed by atoms with Gasteiger partial charge in [0.25, 0.3) is 5.69 Å². The van der Waals surface area contributed by atoms with Crippen LogP contribution in [0.1, 0.15) is 11.1 Å². The number of nitro groups is 1. The van der Waals surface area contributed by atoms with E-state index in [0.717, 1.165) is 16.9 Å². The van der Waals surface area contributed by atoms with Gasteiger partial charge in [0.2, 0.25) is 0 Å². The fourth-order valence-corrected chi connectivity index (χ4v) is 2.24. The maximum absolute atomic E-state index is 10.7. The summed E-state index contributed by atoms with van der Waals surface area (Å²) in [7, 11) is 1.62. The minimum absolute atomic E-state index is 0.0290. The molecule has 0 fully saturated rings. The summed E-state index contributed by atoms with van der Waals surface area (Å²) < 4.78 is 5.31. The molecule has 6 heteroatoms. The van der Waals surface area contributed by atoms with Crippen molar-refractivity contribution >= 4 is 23.0 Å². The maximum atomic E-state index is 10.7. The molecule has 0 atom stereocenters. The molecule has 0 heterocycles. The van der Waals surface area contributed by atoms with Crippen LogP contribution in [0.25, 0.3) is 0 Å². The van der Waals surface area contributed by atoms with Gasteiger partial charge < -0.3 is 10.1 Å². The van der Waals surface area contributed by atoms with E-state index in [4.69, 9.17) is 16.3 Å². The number of nitrogens with one attached hydrogen (secondary N) is 1. The summed E-state index contributed by atoms with van der Waals surface area (Å²) in [6.45, 7) is 2.52. The molecular weight excluding hydrogens is 292 g/mol. The highest BCUT2D eigenvalue weighted by Crippen LogP contribution is 2.28. The van der Waals surface area contributed by atoms with Gasteiger partial charge in [-0.2, -0.15) is 0 Å². The average Bonchev–Trinajstić information content (AvgIpc) is 2.46. The molecule has 0 saturated carbocycles. The number of ether oxygens (including phenoxy) is 1. The third kappa shape index (κ3) is 3.64. The smallest absolute Gasteiger partial charge is 0.271 e. The van der Waals surface area contributed by atoms with Gasteiger partial charge >= 0.3 is 0 Å². The van der Waals surface area contributed by atoms with Crippen molar-refractivity contribution in [3.8, 4) is 5.75 Å². The fraction of sp³-hybridized carbons (Fsp3) is 0.200. The van der Waals surface area contributed by atoms with Gasteiger partial charge in [-0.1, -0.05) is 29.3 Å². The molecule has 5 nitrogen and oxygen atoms in total. The maximum Gasteiger partial charge on any atom is 0.271 e. The van der Waals surface area contributed by atoms with Crippen LogP contribution >= 0.6 is 11.6 Å². The third-order valence-corrected chi connectivity index (χ3v) is 3.38. The van der Waals surface area contributed by atoms with Gasteiger partial charge in [-0.15, -0.1) is 0 Å². The molecule has 0 aliphatic rings. The lowest BCUT2D eigenvalue weighted by Crippen LogP contribution is -2.03. The lowest BCUT2D eigenvalue weighted by atomic mass is 10.1. The Balaban J connectivity index is 2.17. The Hall–Kier alpha value is -2.27. The molecule has 2 aromatic rings. The topological polar surface area (TPSA) is 64.4 Å². The number of halogens is 1. The van der Waals surface area contributed by atoms with Crippen LogP contribution in [0.2, 0.25) is 5.02 Å². The van der Waals surface area contributed by atoms with Crippen molar-refractivity contribution in [3.63, 3.8) is 0 Å². The molecule has 0 aliphatic carbocycles. The number of anilines is 1. The Morgan fingerprint density at radius 2 is 2.05 bits per heavy atom. The van der Waals surface area contributed by atoms with Crippen LogP contribution in [0.3, 0.4) is 0 Å². The van der Waals surface area contributed by atoms with E-state index >= 15 is 0 Å². The standard InChI is InChI=1S/C15H15ClN2O3/c1-10-3-6-15(21-2)11(7-10)9-17-14-5-4-12(18(19)20)8-13(14)16/h3-8,17H,9H2,1-2H3. The van der Waals surface area contributed by atoms with Crippen molar-refractivity contribution in [2.75, 3.05) is 12.4 Å². The van der Waals surface area contributed by atoms with Crippen LogP contribution in [0, 0.1) is 17.0 Å². The molecule has 0 bridgehead atoms. The number of nitro benzene ring substituents is 1. The van der Waals surface area contributed by atoms with Gasteiger partial charge in [0.15, 0.2) is 0 Å². The number of non-ortho nitro benzene ring substituents is 1. The van der Waals surface area contributed by atoms with E-state index in [-0.39, 0.29) is 5.69 Å². The van der Waals surface area contributed by atoms with Crippen LogP contribution in [-0.4, -0.2) is 12.0 Å². The number of hydrogen-bond acceptors (Lipinski definition) is 4. The number of hydrogen-bond donors (Lipinski definition) is 1. The van der Waals surface area contributed by atoms with Crippen LogP contribution < -0.4 is 10.1 Å². The molecule has 0 aromatic heterocycles. The summed E-state index contributed by atoms with van der Waals surface area (Å²) in [6, 6.07) is 10.2. The molecule has 21 heavy (non-hydrogen) atoms. The highest BCUT2D eigenvalue weighted by atomic mass is 35.5. The Morgan fingerprint density at radius 3 is 2.67 bits per heavy atom. The predicted molar refractivity (Wildman–Crippen MR) is 83.2 cm³/mol. The van der Waals surface area contributed by atoms with Gasteiger partial charge in [0.05, 0.1) is 22.7 Å². The van der Waals surface area contributed by atoms with Crippen LogP contribution in [0.15, 0.2) is 36.4 Å². The molecule has 1 N–H and O–H groups in total. The van der Waals surface area contributed by atoms with Crippen molar-refractivity contribution in [1.29, 1.82) is 0 Å². The quantitative estimate of drug-likeness (QED) is 0.665. The summed E-state index contributed by atoms with van der Waals surface area (Å²) >= 11 is 6.05. The van der Waals surface area contributed by atoms with E-state index in [1.165, 1.54) is 12.1 Å². The van der Waals surface area contributed by atoms with E-state index in [9.17, 15) is 10.1 Å². The Kier molecular flexibility index (Phi) is 4.65. The number of nitrogens with zero attached hydrogens (tertiary/aromatic N) is 1. The lowest BCUT2D eigenvalue weighted by molar-refractivity contribution is -0.384. The van der Waals surface area contributed by atoms with E-state index in [1.54, 1.807) is 13.2 Å². The van der Waals surface area contributed by atoms with Crippen molar-refractivity contribution in [1.82, 2.24) is 0 Å². The first-order valence-corrected chi connectivity index (χ1v) is 6.70. The number of methoxy groups -OCH3 is 1. The first-order chi connectivity index (χ1) is 10.0. The van der Waals surface area contributed by atoms with E-state index in [0.29, 0.717) is 17.3 Å². The molecule has 0 saturated heterocycles. The molecule has 2 rings (SSSR count). The van der Waals surface area contributed by atoms with Crippen molar-refractivity contribution in [2.24, 2.45) is 0 Å². The summed E-state index contributed by atoms with van der Waals surface area (Å²) in [5.74, 6) is 0.783. The van der Waals surface area contributed by atoms with Crippen LogP contribution in [0.4, 0.5) is 11.4 Å². The summed E-state index contributed by atoms with van der Waals surface area (Å²) in [4.78, 5) is 10.2. The van der Waals surface area contributed by atoms with Gasteiger partial charge in [-0.05, 0) is 19.1 Å². The van der Waals surface area contributed by atoms with Gasteiger partial charge in [0, 0.05) is 24.2 Å². The van der Waals surface area contributed by atoms with Crippen molar-refractivity contribution in [2.45, 2.75) is 13.5 Å². The summed E-state index contributed by atoms with van der Waals surface area (Å²) in [6.07, 6.45) is 0. The van der Waals surface area contributed by atoms with Crippen molar-refractivity contribution in [3.05, 3.63) is 62.7 Å². The second kappa shape index (κ2) is 6.45. The Morgan fingerprint density at radius 1 is 1.29 bits per heavy atom. The molecule has 0 radical (unpaired) electrons. The zero-order valence-corrected chi connectivity index (χ0v) is 12.5. The monoisotopic (exact) mass is 306 g/mol. The lowest BCUT2D eigenvalue weighted by Gasteiger charge is -2.12. The Labute approximate surface area is 127 Å². The van der Waals surface area contributed by atoms with E-state index in [1.807, 2.05) is 25.1 Å². The fourth-order valence-electron chi connectivity index (χ4n) is 2.00. The SMILES string of the molecule is COc1ccc(C)cc1CNc1ccc([N+](=O)[O-])cc1Cl. The van der Waals surface area contributed by atoms with Gasteiger partial charge in [-0.3, -0.25) is 10.1 Å². The minimum Gasteiger partial charge on any atom is -0.496 e. The van der Waals surface area contributed by atoms with Crippen LogP contribution in [-0.2, 0) is 6.54 Å². The van der Waals surface area contributed by atoms with E-state index < -0.39 is 4.92 Å². The molecule has 0 unspecified atom stereocenters. The highest BCUT2D eigenvalue weighted by Gasteiger charge is 2.10. The number of aryl methyl sites for hydroxylation is 1. The average molecular weight is 307 g/mol. The van der Waals surface area contributed by atoms with Gasteiger partial charge in [-0.25, -0.2) is 0 Å². The molecule has 0 spiro atoms. The summed E-state index contributed by atoms with van der Waals surface area (Å²) in [5, 5.41) is 14.2. The Bertz CT molecular complexity index is 674. The first kappa shape index (κ1) is 15.1. The zero-order valence-electron chi connectivity index (χ0n) is 11.7. The summed E-state index contributed by atoms with van der Waals surface area (Å²) in [5.41, 5.74) is 2.74. The third-order valence-electron chi connectivity index (χ3n) is 3.07. The van der Waals surface area contributed by atoms with E-state index in [2.05, 4.69) is 5.32 Å². The second-order valence-corrected chi connectivity index (χ2v) is 5.00.